The molecule has 0 spiro atoms. The molecule has 1 fully saturated rings. The number of hydrazine groups is 1. The zero-order valence-electron chi connectivity index (χ0n) is 21.0. The zero-order valence-corrected chi connectivity index (χ0v) is 21.8. The van der Waals surface area contributed by atoms with Crippen molar-refractivity contribution in [1.29, 1.82) is 0 Å². The molecule has 2 atom stereocenters. The Balaban J connectivity index is 1.12. The van der Waals surface area contributed by atoms with Crippen LogP contribution in [-0.4, -0.2) is 17.7 Å². The molecule has 6 nitrogen and oxygen atoms in total. The van der Waals surface area contributed by atoms with E-state index in [-0.39, 0.29) is 11.9 Å². The van der Waals surface area contributed by atoms with Crippen LogP contribution in [0.4, 0.5) is 0 Å². The molecule has 38 heavy (non-hydrogen) atoms. The van der Waals surface area contributed by atoms with Gasteiger partial charge in [-0.05, 0) is 53.8 Å². The maximum Gasteiger partial charge on any atom is 0.258 e. The lowest BCUT2D eigenvalue weighted by Gasteiger charge is -2.12. The minimum Gasteiger partial charge on any atom is -0.489 e. The van der Waals surface area contributed by atoms with E-state index >= 15 is 0 Å². The van der Waals surface area contributed by atoms with Gasteiger partial charge in [-0.1, -0.05) is 96.5 Å². The second-order valence-electron chi connectivity index (χ2n) is 9.20. The van der Waals surface area contributed by atoms with E-state index in [1.807, 2.05) is 85.8 Å². The average molecular weight is 525 g/mol. The molecule has 1 aliphatic rings. The van der Waals surface area contributed by atoms with E-state index in [4.69, 9.17) is 16.3 Å². The second-order valence-corrected chi connectivity index (χ2v) is 9.60. The summed E-state index contributed by atoms with van der Waals surface area (Å²) in [6.07, 6.45) is 0.603. The summed E-state index contributed by atoms with van der Waals surface area (Å²) in [5.41, 5.74) is 15.0. The minimum atomic E-state index is -0.395. The molecular formula is C31H29ClN4O2. The molecule has 4 aromatic rings. The van der Waals surface area contributed by atoms with Gasteiger partial charge in [0.2, 0.25) is 0 Å². The Bertz CT molecular complexity index is 1410. The van der Waals surface area contributed by atoms with Crippen LogP contribution in [0, 0.1) is 0 Å². The average Bonchev–Trinajstić information content (AvgIpc) is 3.47. The second kappa shape index (κ2) is 12.0. The van der Waals surface area contributed by atoms with E-state index in [2.05, 4.69) is 45.6 Å². The maximum absolute atomic E-state index is 12.7. The number of carbonyl (C=O) groups excluding carboxylic acids is 1. The number of nitrogens with zero attached hydrogens (tertiary/aromatic N) is 1. The van der Waals surface area contributed by atoms with Gasteiger partial charge >= 0.3 is 0 Å². The fourth-order valence-electron chi connectivity index (χ4n) is 4.34. The zero-order chi connectivity index (χ0) is 26.3. The van der Waals surface area contributed by atoms with Gasteiger partial charge in [0.1, 0.15) is 18.4 Å². The number of hydrazone groups is 1. The predicted octanol–water partition coefficient (Wildman–Crippen LogP) is 6.03. The first-order valence-electron chi connectivity index (χ1n) is 12.5. The van der Waals surface area contributed by atoms with Crippen molar-refractivity contribution in [2.24, 2.45) is 5.10 Å². The van der Waals surface area contributed by atoms with Gasteiger partial charge in [0, 0.05) is 16.6 Å². The largest absolute Gasteiger partial charge is 0.489 e. The molecule has 2 unspecified atom stereocenters. The number of halogens is 1. The first-order chi connectivity index (χ1) is 18.6. The lowest BCUT2D eigenvalue weighted by atomic mass is 10.0. The van der Waals surface area contributed by atoms with Crippen LogP contribution in [0.15, 0.2) is 108 Å². The van der Waals surface area contributed by atoms with Crippen molar-refractivity contribution < 1.29 is 9.53 Å². The van der Waals surface area contributed by atoms with Gasteiger partial charge in [-0.2, -0.15) is 5.10 Å². The molecule has 1 aliphatic heterocycles. The minimum absolute atomic E-state index is 0.000949. The van der Waals surface area contributed by atoms with Crippen molar-refractivity contribution in [1.82, 2.24) is 16.3 Å². The number of benzene rings is 4. The van der Waals surface area contributed by atoms with Gasteiger partial charge in [0.25, 0.3) is 5.91 Å². The van der Waals surface area contributed by atoms with Gasteiger partial charge in [0.05, 0.1) is 5.71 Å². The number of hydrogen-bond donors (Lipinski definition) is 3. The van der Waals surface area contributed by atoms with Crippen molar-refractivity contribution in [3.8, 4) is 16.9 Å². The molecule has 3 N–H and O–H groups in total. The van der Waals surface area contributed by atoms with Crippen LogP contribution in [0.25, 0.3) is 11.1 Å². The third-order valence-corrected chi connectivity index (χ3v) is 6.97. The highest BCUT2D eigenvalue weighted by Crippen LogP contribution is 2.25. The SMILES string of the molecule is C/C(=N\NC(=O)C1CC(c2ccc(OCc3ccccc3Cl)cc2)NN1)c1ccc(-c2ccccc2)cc1. The van der Waals surface area contributed by atoms with E-state index < -0.39 is 6.04 Å². The Morgan fingerprint density at radius 3 is 2.32 bits per heavy atom. The van der Waals surface area contributed by atoms with Crippen LogP contribution in [-0.2, 0) is 11.4 Å². The van der Waals surface area contributed by atoms with Gasteiger partial charge in [-0.25, -0.2) is 16.3 Å². The summed E-state index contributed by atoms with van der Waals surface area (Å²) in [6.45, 7) is 2.29. The fraction of sp³-hybridized carbons (Fsp3) is 0.161. The topological polar surface area (TPSA) is 74.8 Å². The number of carbonyl (C=O) groups is 1. The summed E-state index contributed by atoms with van der Waals surface area (Å²) in [4.78, 5) is 12.7. The molecule has 0 aliphatic carbocycles. The van der Waals surface area contributed by atoms with Crippen molar-refractivity contribution in [3.05, 3.63) is 125 Å². The van der Waals surface area contributed by atoms with Gasteiger partial charge in [-0.15, -0.1) is 0 Å². The Labute approximate surface area is 227 Å². The van der Waals surface area contributed by atoms with Crippen LogP contribution >= 0.6 is 11.6 Å². The maximum atomic E-state index is 12.7. The highest BCUT2D eigenvalue weighted by Gasteiger charge is 2.30. The van der Waals surface area contributed by atoms with E-state index in [0.29, 0.717) is 18.1 Å². The molecule has 192 valence electrons. The van der Waals surface area contributed by atoms with E-state index in [1.165, 1.54) is 0 Å². The third-order valence-electron chi connectivity index (χ3n) is 6.60. The van der Waals surface area contributed by atoms with Crippen LogP contribution in [0.5, 0.6) is 5.75 Å². The number of hydrogen-bond acceptors (Lipinski definition) is 5. The molecule has 0 aromatic heterocycles. The Morgan fingerprint density at radius 1 is 0.895 bits per heavy atom. The van der Waals surface area contributed by atoms with Crippen molar-refractivity contribution in [2.45, 2.75) is 32.0 Å². The lowest BCUT2D eigenvalue weighted by Crippen LogP contribution is -2.41. The summed E-state index contributed by atoms with van der Waals surface area (Å²) >= 11 is 6.20. The van der Waals surface area contributed by atoms with E-state index in [9.17, 15) is 4.79 Å². The molecule has 1 amide bonds. The highest BCUT2D eigenvalue weighted by atomic mass is 35.5. The first kappa shape index (κ1) is 25.7. The van der Waals surface area contributed by atoms with Crippen LogP contribution in [0.2, 0.25) is 5.02 Å². The molecule has 1 saturated heterocycles. The Kier molecular flexibility index (Phi) is 8.14. The molecule has 0 radical (unpaired) electrons. The van der Waals surface area contributed by atoms with Crippen molar-refractivity contribution >= 4 is 23.2 Å². The van der Waals surface area contributed by atoms with Gasteiger partial charge in [-0.3, -0.25) is 4.79 Å². The lowest BCUT2D eigenvalue weighted by molar-refractivity contribution is -0.122. The standard InChI is InChI=1S/C31H29ClN4O2/c1-21(22-11-13-24(14-12-22)23-7-3-2-4-8-23)33-36-31(37)30-19-29(34-35-30)25-15-17-27(18-16-25)38-20-26-9-5-6-10-28(26)32/h2-18,29-30,34-35H,19-20H2,1H3,(H,36,37)/b33-21+. The van der Waals surface area contributed by atoms with Crippen molar-refractivity contribution in [3.63, 3.8) is 0 Å². The predicted molar refractivity (Wildman–Crippen MR) is 152 cm³/mol. The fourth-order valence-corrected chi connectivity index (χ4v) is 4.53. The molecule has 1 heterocycles. The molecule has 5 rings (SSSR count). The summed E-state index contributed by atoms with van der Waals surface area (Å²) in [7, 11) is 0. The molecular weight excluding hydrogens is 496 g/mol. The number of amides is 1. The summed E-state index contributed by atoms with van der Waals surface area (Å²) in [5.74, 6) is 0.579. The van der Waals surface area contributed by atoms with Crippen LogP contribution < -0.4 is 21.0 Å². The smallest absolute Gasteiger partial charge is 0.258 e. The quantitative estimate of drug-likeness (QED) is 0.194. The van der Waals surface area contributed by atoms with Gasteiger partial charge in [0.15, 0.2) is 0 Å². The monoisotopic (exact) mass is 524 g/mol. The van der Waals surface area contributed by atoms with Crippen LogP contribution in [0.3, 0.4) is 0 Å². The van der Waals surface area contributed by atoms with Gasteiger partial charge < -0.3 is 4.74 Å². The van der Waals surface area contributed by atoms with Crippen molar-refractivity contribution in [2.75, 3.05) is 0 Å². The molecule has 0 bridgehead atoms. The number of nitrogens with one attached hydrogen (secondary N) is 3. The summed E-state index contributed by atoms with van der Waals surface area (Å²) < 4.78 is 5.87. The first-order valence-corrected chi connectivity index (χ1v) is 12.9. The third kappa shape index (κ3) is 6.29. The van der Waals surface area contributed by atoms with E-state index in [1.54, 1.807) is 0 Å². The molecule has 7 heteroatoms. The highest BCUT2D eigenvalue weighted by molar-refractivity contribution is 6.31. The van der Waals surface area contributed by atoms with E-state index in [0.717, 1.165) is 39.3 Å². The summed E-state index contributed by atoms with van der Waals surface area (Å²) in [6, 6.07) is 33.5. The Hall–Kier alpha value is -3.97. The summed E-state index contributed by atoms with van der Waals surface area (Å²) in [5, 5.41) is 5.02. The van der Waals surface area contributed by atoms with Crippen LogP contribution in [0.1, 0.15) is 36.1 Å². The molecule has 0 saturated carbocycles. The normalized spacial score (nSPS) is 17.3. The number of rotatable bonds is 8. The number of ether oxygens (including phenoxy) is 1. The molecule has 4 aromatic carbocycles. The Morgan fingerprint density at radius 2 is 1.58 bits per heavy atom.